The smallest absolute Gasteiger partial charge is 0.422 e. The van der Waals surface area contributed by atoms with E-state index in [-0.39, 0.29) is 11.8 Å². The average molecular weight is 276 g/mol. The van der Waals surface area contributed by atoms with Gasteiger partial charge >= 0.3 is 6.18 Å². The van der Waals surface area contributed by atoms with E-state index in [4.69, 9.17) is 4.74 Å². The van der Waals surface area contributed by atoms with Crippen LogP contribution in [0.5, 0.6) is 5.88 Å². The number of aromatic nitrogens is 1. The van der Waals surface area contributed by atoms with Crippen molar-refractivity contribution in [2.24, 2.45) is 0 Å². The number of pyridine rings is 1. The van der Waals surface area contributed by atoms with Crippen LogP contribution in [-0.4, -0.2) is 24.3 Å². The van der Waals surface area contributed by atoms with E-state index in [1.54, 1.807) is 6.07 Å². The summed E-state index contributed by atoms with van der Waals surface area (Å²) in [6.45, 7) is 5.90. The molecule has 19 heavy (non-hydrogen) atoms. The lowest BCUT2D eigenvalue weighted by Crippen LogP contribution is -2.20. The lowest BCUT2D eigenvalue weighted by atomic mass is 10.1. The van der Waals surface area contributed by atoms with Crippen LogP contribution in [0.3, 0.4) is 0 Å². The van der Waals surface area contributed by atoms with Gasteiger partial charge in [-0.15, -0.1) is 0 Å². The van der Waals surface area contributed by atoms with Crippen molar-refractivity contribution < 1.29 is 17.9 Å². The molecule has 0 spiro atoms. The molecule has 0 saturated carbocycles. The number of hydrogen-bond acceptors (Lipinski definition) is 3. The molecule has 0 bridgehead atoms. The summed E-state index contributed by atoms with van der Waals surface area (Å²) in [6, 6.07) is 3.42. The monoisotopic (exact) mass is 276 g/mol. The number of hydrogen-bond donors (Lipinski definition) is 1. The van der Waals surface area contributed by atoms with Crippen molar-refractivity contribution >= 4 is 0 Å². The Kier molecular flexibility index (Phi) is 5.60. The molecule has 0 fully saturated rings. The van der Waals surface area contributed by atoms with Gasteiger partial charge in [0.05, 0.1) is 0 Å². The predicted molar refractivity (Wildman–Crippen MR) is 67.3 cm³/mol. The van der Waals surface area contributed by atoms with Gasteiger partial charge in [0.15, 0.2) is 6.61 Å². The summed E-state index contributed by atoms with van der Waals surface area (Å²) in [5, 5.41) is 3.12. The molecular formula is C13H19F3N2O. The van der Waals surface area contributed by atoms with Crippen molar-refractivity contribution in [3.8, 4) is 5.88 Å². The molecule has 0 aromatic carbocycles. The second-order valence-electron chi connectivity index (χ2n) is 4.58. The van der Waals surface area contributed by atoms with Crippen LogP contribution in [0.4, 0.5) is 13.2 Å². The molecule has 1 rings (SSSR count). The minimum absolute atomic E-state index is 0.0245. The van der Waals surface area contributed by atoms with Crippen LogP contribution in [0.25, 0.3) is 0 Å². The molecule has 108 valence electrons. The number of rotatable bonds is 6. The largest absolute Gasteiger partial charge is 0.468 e. The van der Waals surface area contributed by atoms with Gasteiger partial charge in [0.1, 0.15) is 0 Å². The van der Waals surface area contributed by atoms with Crippen LogP contribution >= 0.6 is 0 Å². The SMILES string of the molecule is CCNCc1cc(OCC(F)(F)F)nc(C(C)C)c1. The van der Waals surface area contributed by atoms with Crippen LogP contribution in [0.15, 0.2) is 12.1 Å². The highest BCUT2D eigenvalue weighted by atomic mass is 19.4. The second kappa shape index (κ2) is 6.75. The highest BCUT2D eigenvalue weighted by Crippen LogP contribution is 2.21. The average Bonchev–Trinajstić information content (AvgIpc) is 2.32. The molecule has 0 unspecified atom stereocenters. The fourth-order valence-corrected chi connectivity index (χ4v) is 1.48. The minimum Gasteiger partial charge on any atom is -0.468 e. The van der Waals surface area contributed by atoms with Crippen molar-refractivity contribution in [2.45, 2.75) is 39.4 Å². The number of alkyl halides is 3. The molecule has 1 aromatic rings. The Bertz CT molecular complexity index is 405. The summed E-state index contributed by atoms with van der Waals surface area (Å²) in [7, 11) is 0. The van der Waals surface area contributed by atoms with E-state index < -0.39 is 12.8 Å². The Morgan fingerprint density at radius 1 is 1.32 bits per heavy atom. The summed E-state index contributed by atoms with van der Waals surface area (Å²) in [4.78, 5) is 4.09. The summed E-state index contributed by atoms with van der Waals surface area (Å²) in [5.41, 5.74) is 1.60. The number of halogens is 3. The van der Waals surface area contributed by atoms with E-state index in [2.05, 4.69) is 10.3 Å². The van der Waals surface area contributed by atoms with Crippen LogP contribution < -0.4 is 10.1 Å². The molecule has 0 amide bonds. The molecule has 6 heteroatoms. The fourth-order valence-electron chi connectivity index (χ4n) is 1.48. The molecule has 1 aromatic heterocycles. The first-order valence-electron chi connectivity index (χ1n) is 6.23. The van der Waals surface area contributed by atoms with Gasteiger partial charge in [-0.3, -0.25) is 0 Å². The van der Waals surface area contributed by atoms with Crippen LogP contribution in [-0.2, 0) is 6.54 Å². The first kappa shape index (κ1) is 15.8. The van der Waals surface area contributed by atoms with Crippen molar-refractivity contribution in [2.75, 3.05) is 13.2 Å². The first-order chi connectivity index (χ1) is 8.81. The lowest BCUT2D eigenvalue weighted by Gasteiger charge is -2.13. The maximum atomic E-state index is 12.1. The van der Waals surface area contributed by atoms with Gasteiger partial charge in [-0.2, -0.15) is 13.2 Å². The van der Waals surface area contributed by atoms with Crippen LogP contribution in [0.2, 0.25) is 0 Å². The topological polar surface area (TPSA) is 34.1 Å². The Balaban J connectivity index is 2.86. The third-order valence-electron chi connectivity index (χ3n) is 2.44. The number of ether oxygens (including phenoxy) is 1. The van der Waals surface area contributed by atoms with Gasteiger partial charge in [-0.1, -0.05) is 20.8 Å². The van der Waals surface area contributed by atoms with E-state index >= 15 is 0 Å². The van der Waals surface area contributed by atoms with Gasteiger partial charge in [0, 0.05) is 18.3 Å². The predicted octanol–water partition coefficient (Wildman–Crippen LogP) is 3.26. The highest BCUT2D eigenvalue weighted by Gasteiger charge is 2.28. The Morgan fingerprint density at radius 3 is 2.53 bits per heavy atom. The normalized spacial score (nSPS) is 11.9. The first-order valence-corrected chi connectivity index (χ1v) is 6.23. The minimum atomic E-state index is -4.35. The van der Waals surface area contributed by atoms with Gasteiger partial charge in [-0.05, 0) is 24.1 Å². The van der Waals surface area contributed by atoms with E-state index in [0.717, 1.165) is 17.8 Å². The van der Waals surface area contributed by atoms with Crippen LogP contribution in [0, 0.1) is 0 Å². The van der Waals surface area contributed by atoms with Gasteiger partial charge in [0.25, 0.3) is 0 Å². The van der Waals surface area contributed by atoms with Crippen molar-refractivity contribution in [1.29, 1.82) is 0 Å². The molecule has 0 radical (unpaired) electrons. The third kappa shape index (κ3) is 5.92. The molecule has 0 aliphatic heterocycles. The molecule has 0 atom stereocenters. The molecule has 3 nitrogen and oxygen atoms in total. The van der Waals surface area contributed by atoms with E-state index in [0.29, 0.717) is 6.54 Å². The Hall–Kier alpha value is -1.30. The molecular weight excluding hydrogens is 257 g/mol. The Morgan fingerprint density at radius 2 is 2.00 bits per heavy atom. The maximum absolute atomic E-state index is 12.1. The van der Waals surface area contributed by atoms with Crippen molar-refractivity contribution in [3.63, 3.8) is 0 Å². The summed E-state index contributed by atoms with van der Waals surface area (Å²) < 4.78 is 41.1. The van der Waals surface area contributed by atoms with E-state index in [1.165, 1.54) is 0 Å². The highest BCUT2D eigenvalue weighted by molar-refractivity contribution is 5.26. The van der Waals surface area contributed by atoms with E-state index in [9.17, 15) is 13.2 Å². The van der Waals surface area contributed by atoms with Crippen molar-refractivity contribution in [3.05, 3.63) is 23.4 Å². The molecule has 0 aliphatic rings. The number of nitrogens with one attached hydrogen (secondary N) is 1. The molecule has 0 saturated heterocycles. The van der Waals surface area contributed by atoms with Crippen molar-refractivity contribution in [1.82, 2.24) is 10.3 Å². The second-order valence-corrected chi connectivity index (χ2v) is 4.58. The zero-order valence-electron chi connectivity index (χ0n) is 11.3. The Labute approximate surface area is 111 Å². The van der Waals surface area contributed by atoms with Gasteiger partial charge in [0.2, 0.25) is 5.88 Å². The standard InChI is InChI=1S/C13H19F3N2O/c1-4-17-7-10-5-11(9(2)3)18-12(6-10)19-8-13(14,15)16/h5-6,9,17H,4,7-8H2,1-3H3. The van der Waals surface area contributed by atoms with Crippen LogP contribution in [0.1, 0.15) is 37.9 Å². The summed E-state index contributed by atoms with van der Waals surface area (Å²) in [5.74, 6) is 0.159. The molecule has 1 N–H and O–H groups in total. The molecule has 1 heterocycles. The fraction of sp³-hybridized carbons (Fsp3) is 0.615. The zero-order chi connectivity index (χ0) is 14.5. The lowest BCUT2D eigenvalue weighted by molar-refractivity contribution is -0.154. The summed E-state index contributed by atoms with van der Waals surface area (Å²) >= 11 is 0. The number of nitrogens with zero attached hydrogens (tertiary/aromatic N) is 1. The zero-order valence-corrected chi connectivity index (χ0v) is 11.3. The van der Waals surface area contributed by atoms with Gasteiger partial charge in [-0.25, -0.2) is 4.98 Å². The molecule has 0 aliphatic carbocycles. The summed E-state index contributed by atoms with van der Waals surface area (Å²) in [6.07, 6.45) is -4.35. The van der Waals surface area contributed by atoms with E-state index in [1.807, 2.05) is 26.8 Å². The quantitative estimate of drug-likeness (QED) is 0.866. The third-order valence-corrected chi connectivity index (χ3v) is 2.44. The maximum Gasteiger partial charge on any atom is 0.422 e. The van der Waals surface area contributed by atoms with Gasteiger partial charge < -0.3 is 10.1 Å².